The number of rotatable bonds is 2. The van der Waals surface area contributed by atoms with Crippen molar-refractivity contribution in [1.29, 1.82) is 5.26 Å². The highest BCUT2D eigenvalue weighted by Gasteiger charge is 2.46. The summed E-state index contributed by atoms with van der Waals surface area (Å²) in [5.41, 5.74) is 0. The minimum atomic E-state index is 0.224. The van der Waals surface area contributed by atoms with Crippen molar-refractivity contribution in [2.24, 2.45) is 5.92 Å². The van der Waals surface area contributed by atoms with Crippen molar-refractivity contribution in [3.05, 3.63) is 0 Å². The van der Waals surface area contributed by atoms with Crippen LogP contribution in [0.4, 0.5) is 0 Å². The second kappa shape index (κ2) is 2.67. The van der Waals surface area contributed by atoms with Crippen LogP contribution in [-0.4, -0.2) is 29.9 Å². The Morgan fingerprint density at radius 1 is 1.58 bits per heavy atom. The molecular formula is C8H11N3O. The molecule has 12 heavy (non-hydrogen) atoms. The summed E-state index contributed by atoms with van der Waals surface area (Å²) in [6.07, 6.45) is 5.10. The van der Waals surface area contributed by atoms with Crippen molar-refractivity contribution >= 4 is 6.41 Å². The summed E-state index contributed by atoms with van der Waals surface area (Å²) >= 11 is 0. The van der Waals surface area contributed by atoms with Crippen LogP contribution in [0.2, 0.25) is 0 Å². The lowest BCUT2D eigenvalue weighted by Crippen LogP contribution is -2.38. The first-order valence-corrected chi connectivity index (χ1v) is 4.23. The number of fused-ring (bicyclic) bond motifs is 2. The van der Waals surface area contributed by atoms with E-state index in [1.54, 1.807) is 4.90 Å². The van der Waals surface area contributed by atoms with Gasteiger partial charge in [0.05, 0.1) is 12.1 Å². The Labute approximate surface area is 71.1 Å². The highest BCUT2D eigenvalue weighted by Crippen LogP contribution is 2.36. The van der Waals surface area contributed by atoms with E-state index < -0.39 is 0 Å². The average molecular weight is 165 g/mol. The topological polar surface area (TPSA) is 56.1 Å². The second-order valence-electron chi connectivity index (χ2n) is 3.47. The molecule has 0 aromatic carbocycles. The summed E-state index contributed by atoms with van der Waals surface area (Å²) in [6.45, 7) is 0.826. The molecule has 2 aliphatic rings. The number of amides is 1. The molecule has 64 valence electrons. The van der Waals surface area contributed by atoms with E-state index in [0.29, 0.717) is 5.92 Å². The Hall–Kier alpha value is -1.24. The normalized spacial score (nSPS) is 37.9. The van der Waals surface area contributed by atoms with Gasteiger partial charge in [-0.25, -0.2) is 0 Å². The number of hydrogen-bond acceptors (Lipinski definition) is 3. The first-order chi connectivity index (χ1) is 5.86. The first kappa shape index (κ1) is 7.41. The number of nitrogens with one attached hydrogen (secondary N) is 1. The monoisotopic (exact) mass is 165 g/mol. The third-order valence-electron chi connectivity index (χ3n) is 2.98. The zero-order chi connectivity index (χ0) is 8.55. The molecule has 2 rings (SSSR count). The fourth-order valence-corrected chi connectivity index (χ4v) is 2.44. The number of carbonyl (C=O) groups excluding carboxylic acids is 1. The molecule has 4 nitrogen and oxygen atoms in total. The smallest absolute Gasteiger partial charge is 0.207 e. The van der Waals surface area contributed by atoms with Gasteiger partial charge in [-0.2, -0.15) is 5.26 Å². The van der Waals surface area contributed by atoms with Gasteiger partial charge in [-0.1, -0.05) is 0 Å². The lowest BCUT2D eigenvalue weighted by molar-refractivity contribution is -0.110. The Morgan fingerprint density at radius 3 is 3.00 bits per heavy atom. The van der Waals surface area contributed by atoms with Gasteiger partial charge >= 0.3 is 0 Å². The van der Waals surface area contributed by atoms with Gasteiger partial charge in [0, 0.05) is 6.54 Å². The first-order valence-electron chi connectivity index (χ1n) is 4.23. The standard InChI is InChI=1S/C8H11N3O/c9-4-11-3-6-1-2-7(11)8(6)10-5-12/h5-8H,1-3H2,(H,10,12). The third kappa shape index (κ3) is 0.860. The summed E-state index contributed by atoms with van der Waals surface area (Å²) in [7, 11) is 0. The third-order valence-corrected chi connectivity index (χ3v) is 2.98. The molecule has 1 N–H and O–H groups in total. The molecule has 1 saturated carbocycles. The molecule has 0 aromatic heterocycles. The lowest BCUT2D eigenvalue weighted by atomic mass is 10.1. The van der Waals surface area contributed by atoms with Crippen molar-refractivity contribution in [2.75, 3.05) is 6.54 Å². The van der Waals surface area contributed by atoms with Crippen LogP contribution < -0.4 is 5.32 Å². The number of nitrogens with zero attached hydrogens (tertiary/aromatic N) is 2. The number of piperidine rings is 1. The van der Waals surface area contributed by atoms with Gasteiger partial charge in [0.25, 0.3) is 0 Å². The van der Waals surface area contributed by atoms with Crippen LogP contribution in [0.25, 0.3) is 0 Å². The maximum Gasteiger partial charge on any atom is 0.207 e. The molecule has 0 spiro atoms. The Morgan fingerprint density at radius 2 is 2.42 bits per heavy atom. The quantitative estimate of drug-likeness (QED) is 0.450. The van der Waals surface area contributed by atoms with E-state index >= 15 is 0 Å². The van der Waals surface area contributed by atoms with Crippen LogP contribution in [-0.2, 0) is 4.79 Å². The van der Waals surface area contributed by atoms with E-state index in [9.17, 15) is 4.79 Å². The number of nitriles is 1. The van der Waals surface area contributed by atoms with Crippen LogP contribution >= 0.6 is 0 Å². The maximum atomic E-state index is 10.3. The van der Waals surface area contributed by atoms with Crippen LogP contribution in [0.5, 0.6) is 0 Å². The van der Waals surface area contributed by atoms with E-state index in [4.69, 9.17) is 5.26 Å². The van der Waals surface area contributed by atoms with Gasteiger partial charge in [0.1, 0.15) is 0 Å². The fourth-order valence-electron chi connectivity index (χ4n) is 2.44. The molecule has 1 heterocycles. The van der Waals surface area contributed by atoms with Crippen molar-refractivity contribution in [1.82, 2.24) is 10.2 Å². The van der Waals surface area contributed by atoms with Gasteiger partial charge in [-0.3, -0.25) is 4.79 Å². The molecule has 4 heteroatoms. The SMILES string of the molecule is N#CN1CC2CCC1C2NC=O. The predicted molar refractivity (Wildman–Crippen MR) is 41.8 cm³/mol. The number of hydrogen-bond donors (Lipinski definition) is 1. The van der Waals surface area contributed by atoms with Gasteiger partial charge in [-0.15, -0.1) is 0 Å². The van der Waals surface area contributed by atoms with Crippen LogP contribution in [0.15, 0.2) is 0 Å². The molecule has 1 aliphatic carbocycles. The van der Waals surface area contributed by atoms with Crippen LogP contribution in [0, 0.1) is 17.4 Å². The van der Waals surface area contributed by atoms with Crippen molar-refractivity contribution in [2.45, 2.75) is 24.9 Å². The largest absolute Gasteiger partial charge is 0.353 e. The summed E-state index contributed by atoms with van der Waals surface area (Å²) in [6, 6.07) is 0.493. The van der Waals surface area contributed by atoms with Gasteiger partial charge in [0.2, 0.25) is 6.41 Å². The summed E-state index contributed by atoms with van der Waals surface area (Å²) in [5, 5.41) is 11.5. The molecule has 2 bridgehead atoms. The number of likely N-dealkylation sites (tertiary alicyclic amines) is 1. The van der Waals surface area contributed by atoms with Crippen molar-refractivity contribution in [3.63, 3.8) is 0 Å². The van der Waals surface area contributed by atoms with E-state index in [2.05, 4.69) is 11.5 Å². The summed E-state index contributed by atoms with van der Waals surface area (Å²) in [5.74, 6) is 0.500. The van der Waals surface area contributed by atoms with E-state index in [-0.39, 0.29) is 12.1 Å². The highest BCUT2D eigenvalue weighted by molar-refractivity contribution is 5.47. The molecule has 3 atom stereocenters. The lowest BCUT2D eigenvalue weighted by Gasteiger charge is -2.20. The Kier molecular flexibility index (Phi) is 1.65. The minimum Gasteiger partial charge on any atom is -0.353 e. The van der Waals surface area contributed by atoms with Gasteiger partial charge in [0.15, 0.2) is 6.19 Å². The van der Waals surface area contributed by atoms with E-state index in [1.807, 2.05) is 0 Å². The fraction of sp³-hybridized carbons (Fsp3) is 0.750. The van der Waals surface area contributed by atoms with Gasteiger partial charge < -0.3 is 10.2 Å². The zero-order valence-electron chi connectivity index (χ0n) is 6.73. The highest BCUT2D eigenvalue weighted by atomic mass is 16.1. The molecule has 3 unspecified atom stereocenters. The molecular weight excluding hydrogens is 154 g/mol. The molecule has 1 amide bonds. The molecule has 1 saturated heterocycles. The average Bonchev–Trinajstić information content (AvgIpc) is 2.63. The summed E-state index contributed by atoms with van der Waals surface area (Å²) < 4.78 is 0. The molecule has 0 radical (unpaired) electrons. The van der Waals surface area contributed by atoms with Crippen LogP contribution in [0.3, 0.4) is 0 Å². The molecule has 2 fully saturated rings. The van der Waals surface area contributed by atoms with E-state index in [0.717, 1.165) is 25.8 Å². The Bertz CT molecular complexity index is 235. The van der Waals surface area contributed by atoms with Crippen molar-refractivity contribution < 1.29 is 4.79 Å². The molecule has 0 aromatic rings. The zero-order valence-corrected chi connectivity index (χ0v) is 6.73. The van der Waals surface area contributed by atoms with Gasteiger partial charge in [-0.05, 0) is 18.8 Å². The maximum absolute atomic E-state index is 10.3. The predicted octanol–water partition coefficient (Wildman–Crippen LogP) is -0.324. The summed E-state index contributed by atoms with van der Waals surface area (Å²) in [4.78, 5) is 12.0. The molecule has 1 aliphatic heterocycles. The minimum absolute atomic E-state index is 0.224. The van der Waals surface area contributed by atoms with Crippen LogP contribution in [0.1, 0.15) is 12.8 Å². The Balaban J connectivity index is 2.10. The number of carbonyl (C=O) groups is 1. The van der Waals surface area contributed by atoms with Crippen molar-refractivity contribution in [3.8, 4) is 6.19 Å². The van der Waals surface area contributed by atoms with E-state index in [1.165, 1.54) is 0 Å². The second-order valence-corrected chi connectivity index (χ2v) is 3.47.